The van der Waals surface area contributed by atoms with Crippen LogP contribution < -0.4 is 5.32 Å². The largest absolute Gasteiger partial charge is 0.350 e. The van der Waals surface area contributed by atoms with Crippen molar-refractivity contribution >= 4 is 28.3 Å². The summed E-state index contributed by atoms with van der Waals surface area (Å²) in [6, 6.07) is 8.13. The number of benzene rings is 1. The maximum absolute atomic E-state index is 12.3. The summed E-state index contributed by atoms with van der Waals surface area (Å²) in [6.45, 7) is 0.795. The lowest BCUT2D eigenvalue weighted by Gasteiger charge is -2.21. The van der Waals surface area contributed by atoms with E-state index in [0.717, 1.165) is 54.1 Å². The molecule has 1 aliphatic rings. The number of nitrogens with zero attached hydrogens (tertiary/aromatic N) is 2. The molecule has 1 fully saturated rings. The summed E-state index contributed by atoms with van der Waals surface area (Å²) < 4.78 is 0. The van der Waals surface area contributed by atoms with Gasteiger partial charge in [-0.3, -0.25) is 4.79 Å². The van der Waals surface area contributed by atoms with Crippen LogP contribution in [0.5, 0.6) is 0 Å². The van der Waals surface area contributed by atoms with Gasteiger partial charge in [-0.25, -0.2) is 9.97 Å². The number of thiazole rings is 1. The van der Waals surface area contributed by atoms with Gasteiger partial charge in [0.25, 0.3) is 5.91 Å². The molecule has 0 aliphatic heterocycles. The number of carbonyl (C=O) groups excluding carboxylic acids is 1. The highest BCUT2D eigenvalue weighted by atomic mass is 32.1. The van der Waals surface area contributed by atoms with Crippen LogP contribution in [-0.2, 0) is 12.8 Å². The molecule has 1 amide bonds. The fraction of sp³-hybridized carbons (Fsp3) is 0.500. The van der Waals surface area contributed by atoms with E-state index >= 15 is 0 Å². The fourth-order valence-corrected chi connectivity index (χ4v) is 4.76. The van der Waals surface area contributed by atoms with Crippen molar-refractivity contribution in [1.82, 2.24) is 20.3 Å². The Labute approximate surface area is 170 Å². The number of aromatic nitrogens is 3. The minimum atomic E-state index is -0.0182. The fourth-order valence-electron chi connectivity index (χ4n) is 3.94. The van der Waals surface area contributed by atoms with Crippen molar-refractivity contribution in [2.24, 2.45) is 5.92 Å². The maximum Gasteiger partial charge on any atom is 0.270 e. The molecule has 0 spiro atoms. The van der Waals surface area contributed by atoms with Gasteiger partial charge in [-0.1, -0.05) is 31.4 Å². The number of para-hydroxylation sites is 2. The highest BCUT2D eigenvalue weighted by molar-refractivity contribution is 7.09. The van der Waals surface area contributed by atoms with Crippen molar-refractivity contribution in [1.29, 1.82) is 0 Å². The van der Waals surface area contributed by atoms with Gasteiger partial charge in [0.15, 0.2) is 0 Å². The molecular formula is C22H28N4OS. The molecule has 2 N–H and O–H groups in total. The maximum atomic E-state index is 12.3. The SMILES string of the molecule is O=C(NCC1CCCCC1)c1csc(CCCCc2nc3ccccc3[nH]2)n1. The second-order valence-electron chi connectivity index (χ2n) is 7.75. The number of nitrogens with one attached hydrogen (secondary N) is 2. The first-order valence-electron chi connectivity index (χ1n) is 10.4. The van der Waals surface area contributed by atoms with Crippen molar-refractivity contribution in [3.63, 3.8) is 0 Å². The number of carbonyl (C=O) groups is 1. The molecule has 0 atom stereocenters. The standard InChI is InChI=1S/C22H28N4OS/c27-22(23-14-16-8-2-1-3-9-16)19-15-28-21(26-19)13-7-6-12-20-24-17-10-4-5-11-18(17)25-20/h4-5,10-11,15-16H,1-3,6-9,12-14H2,(H,23,27)(H,24,25). The molecule has 3 aromatic rings. The summed E-state index contributed by atoms with van der Waals surface area (Å²) in [5, 5.41) is 6.02. The van der Waals surface area contributed by atoms with E-state index in [0.29, 0.717) is 11.6 Å². The molecule has 0 unspecified atom stereocenters. The number of unbranched alkanes of at least 4 members (excludes halogenated alkanes) is 1. The van der Waals surface area contributed by atoms with Crippen molar-refractivity contribution in [2.75, 3.05) is 6.54 Å². The van der Waals surface area contributed by atoms with E-state index < -0.39 is 0 Å². The molecule has 2 aromatic heterocycles. The molecular weight excluding hydrogens is 368 g/mol. The van der Waals surface area contributed by atoms with Gasteiger partial charge in [0.2, 0.25) is 0 Å². The van der Waals surface area contributed by atoms with E-state index in [-0.39, 0.29) is 5.91 Å². The third-order valence-corrected chi connectivity index (χ3v) is 6.46. The minimum Gasteiger partial charge on any atom is -0.350 e. The zero-order chi connectivity index (χ0) is 19.2. The Morgan fingerprint density at radius 2 is 1.93 bits per heavy atom. The normalized spacial score (nSPS) is 15.1. The van der Waals surface area contributed by atoms with E-state index in [1.165, 1.54) is 32.1 Å². The highest BCUT2D eigenvalue weighted by Crippen LogP contribution is 2.23. The Kier molecular flexibility index (Phi) is 6.37. The van der Waals surface area contributed by atoms with E-state index in [1.807, 2.05) is 23.6 Å². The van der Waals surface area contributed by atoms with Crippen LogP contribution in [0, 0.1) is 5.92 Å². The quantitative estimate of drug-likeness (QED) is 0.532. The van der Waals surface area contributed by atoms with Crippen molar-refractivity contribution in [3.05, 3.63) is 46.2 Å². The molecule has 148 valence electrons. The lowest BCUT2D eigenvalue weighted by molar-refractivity contribution is 0.0939. The Morgan fingerprint density at radius 1 is 1.11 bits per heavy atom. The first-order valence-corrected chi connectivity index (χ1v) is 11.3. The monoisotopic (exact) mass is 396 g/mol. The Hall–Kier alpha value is -2.21. The van der Waals surface area contributed by atoms with Crippen molar-refractivity contribution < 1.29 is 4.79 Å². The van der Waals surface area contributed by atoms with Crippen LogP contribution in [0.25, 0.3) is 11.0 Å². The minimum absolute atomic E-state index is 0.0182. The van der Waals surface area contributed by atoms with Gasteiger partial charge in [0.05, 0.1) is 16.0 Å². The van der Waals surface area contributed by atoms with Gasteiger partial charge in [0.1, 0.15) is 11.5 Å². The van der Waals surface area contributed by atoms with Gasteiger partial charge < -0.3 is 10.3 Å². The van der Waals surface area contributed by atoms with Gasteiger partial charge in [0, 0.05) is 18.3 Å². The molecule has 6 heteroatoms. The average Bonchev–Trinajstić information content (AvgIpc) is 3.37. The lowest BCUT2D eigenvalue weighted by atomic mass is 9.89. The number of aromatic amines is 1. The van der Waals surface area contributed by atoms with Gasteiger partial charge >= 0.3 is 0 Å². The van der Waals surface area contributed by atoms with Crippen molar-refractivity contribution in [3.8, 4) is 0 Å². The summed E-state index contributed by atoms with van der Waals surface area (Å²) >= 11 is 1.59. The van der Waals surface area contributed by atoms with Crippen LogP contribution in [0.2, 0.25) is 0 Å². The first-order chi connectivity index (χ1) is 13.8. The topological polar surface area (TPSA) is 70.7 Å². The molecule has 0 radical (unpaired) electrons. The molecule has 1 aliphatic carbocycles. The molecule has 1 saturated carbocycles. The van der Waals surface area contributed by atoms with Crippen LogP contribution in [0.1, 0.15) is 66.3 Å². The summed E-state index contributed by atoms with van der Waals surface area (Å²) in [4.78, 5) is 24.9. The molecule has 2 heterocycles. The number of fused-ring (bicyclic) bond motifs is 1. The Morgan fingerprint density at radius 3 is 2.79 bits per heavy atom. The third kappa shape index (κ3) is 4.98. The number of H-pyrrole nitrogens is 1. The van der Waals surface area contributed by atoms with Crippen LogP contribution in [0.4, 0.5) is 0 Å². The summed E-state index contributed by atoms with van der Waals surface area (Å²) in [5.74, 6) is 1.67. The van der Waals surface area contributed by atoms with Crippen LogP contribution >= 0.6 is 11.3 Å². The van der Waals surface area contributed by atoms with E-state index in [9.17, 15) is 4.79 Å². The van der Waals surface area contributed by atoms with E-state index in [2.05, 4.69) is 26.3 Å². The molecule has 0 bridgehead atoms. The first kappa shape index (κ1) is 19.1. The number of imidazole rings is 1. The molecule has 4 rings (SSSR count). The van der Waals surface area contributed by atoms with E-state index in [1.54, 1.807) is 11.3 Å². The summed E-state index contributed by atoms with van der Waals surface area (Å²) in [5.41, 5.74) is 2.70. The highest BCUT2D eigenvalue weighted by Gasteiger charge is 2.16. The Balaban J connectivity index is 1.19. The predicted molar refractivity (Wildman–Crippen MR) is 114 cm³/mol. The molecule has 1 aromatic carbocycles. The third-order valence-electron chi connectivity index (χ3n) is 5.55. The van der Waals surface area contributed by atoms with Crippen LogP contribution in [-0.4, -0.2) is 27.4 Å². The second kappa shape index (κ2) is 9.32. The van der Waals surface area contributed by atoms with Gasteiger partial charge in [-0.05, 0) is 50.2 Å². The Bertz CT molecular complexity index is 877. The number of hydrogen-bond acceptors (Lipinski definition) is 4. The number of rotatable bonds is 8. The molecule has 0 saturated heterocycles. The molecule has 28 heavy (non-hydrogen) atoms. The number of amides is 1. The summed E-state index contributed by atoms with van der Waals surface area (Å²) in [7, 11) is 0. The van der Waals surface area contributed by atoms with Crippen LogP contribution in [0.3, 0.4) is 0 Å². The zero-order valence-electron chi connectivity index (χ0n) is 16.2. The number of aryl methyl sites for hydroxylation is 2. The van der Waals surface area contributed by atoms with Gasteiger partial charge in [-0.2, -0.15) is 0 Å². The second-order valence-corrected chi connectivity index (χ2v) is 8.69. The van der Waals surface area contributed by atoms with Crippen molar-refractivity contribution in [2.45, 2.75) is 57.8 Å². The zero-order valence-corrected chi connectivity index (χ0v) is 17.1. The van der Waals surface area contributed by atoms with Crippen LogP contribution in [0.15, 0.2) is 29.6 Å². The smallest absolute Gasteiger partial charge is 0.270 e. The number of hydrogen-bond donors (Lipinski definition) is 2. The van der Waals surface area contributed by atoms with Gasteiger partial charge in [-0.15, -0.1) is 11.3 Å². The summed E-state index contributed by atoms with van der Waals surface area (Å²) in [6.07, 6.45) is 10.4. The van der Waals surface area contributed by atoms with E-state index in [4.69, 9.17) is 0 Å². The molecule has 5 nitrogen and oxygen atoms in total. The lowest BCUT2D eigenvalue weighted by Crippen LogP contribution is -2.30. The average molecular weight is 397 g/mol. The predicted octanol–water partition coefficient (Wildman–Crippen LogP) is 4.89.